The molecule has 1 rings (SSSR count). The van der Waals surface area contributed by atoms with Crippen molar-refractivity contribution in [1.29, 1.82) is 0 Å². The summed E-state index contributed by atoms with van der Waals surface area (Å²) < 4.78 is 1.37. The molecule has 10 heavy (non-hydrogen) atoms. The summed E-state index contributed by atoms with van der Waals surface area (Å²) in [6.45, 7) is 1.64. The van der Waals surface area contributed by atoms with Crippen LogP contribution in [0.25, 0.3) is 0 Å². The van der Waals surface area contributed by atoms with Crippen LogP contribution in [0.1, 0.15) is 11.7 Å². The van der Waals surface area contributed by atoms with E-state index in [9.17, 15) is 4.79 Å². The molecular weight excluding hydrogens is 130 g/mol. The topological polar surface area (TPSA) is 60.9 Å². The lowest BCUT2D eigenvalue weighted by Crippen LogP contribution is -2.30. The molecule has 0 aromatic carbocycles. The van der Waals surface area contributed by atoms with E-state index < -0.39 is 6.04 Å². The number of aromatic nitrogens is 2. The molecule has 0 amide bonds. The Morgan fingerprint density at radius 2 is 2.50 bits per heavy atom. The van der Waals surface area contributed by atoms with Crippen LogP contribution in [0.4, 0.5) is 0 Å². The number of nitrogens with two attached hydrogens (primary N) is 1. The van der Waals surface area contributed by atoms with Gasteiger partial charge in [0.25, 0.3) is 0 Å². The fourth-order valence-electron chi connectivity index (χ4n) is 0.625. The van der Waals surface area contributed by atoms with Crippen molar-refractivity contribution in [3.8, 4) is 0 Å². The number of carbonyl (C=O) groups is 1. The molecule has 0 saturated carbocycles. The van der Waals surface area contributed by atoms with E-state index in [1.54, 1.807) is 19.3 Å². The van der Waals surface area contributed by atoms with Gasteiger partial charge < -0.3 is 5.73 Å². The van der Waals surface area contributed by atoms with Gasteiger partial charge in [0.2, 0.25) is 5.91 Å². The Hall–Kier alpha value is -1.16. The molecule has 1 atom stereocenters. The quantitative estimate of drug-likeness (QED) is 0.589. The van der Waals surface area contributed by atoms with Crippen molar-refractivity contribution in [1.82, 2.24) is 9.55 Å². The van der Waals surface area contributed by atoms with Gasteiger partial charge in [0.1, 0.15) is 6.33 Å². The van der Waals surface area contributed by atoms with Crippen LogP contribution in [-0.2, 0) is 0 Å². The van der Waals surface area contributed by atoms with Crippen LogP contribution in [0.3, 0.4) is 0 Å². The van der Waals surface area contributed by atoms with Gasteiger partial charge in [-0.05, 0) is 6.92 Å². The van der Waals surface area contributed by atoms with Crippen LogP contribution >= 0.6 is 0 Å². The summed E-state index contributed by atoms with van der Waals surface area (Å²) in [7, 11) is 0. The van der Waals surface area contributed by atoms with Crippen molar-refractivity contribution in [2.45, 2.75) is 13.0 Å². The number of carbonyl (C=O) groups excluding carboxylic acids is 1. The Kier molecular flexibility index (Phi) is 1.82. The van der Waals surface area contributed by atoms with Crippen molar-refractivity contribution in [2.75, 3.05) is 0 Å². The molecule has 54 valence electrons. The van der Waals surface area contributed by atoms with E-state index in [1.807, 2.05) is 0 Å². The van der Waals surface area contributed by atoms with Crippen LogP contribution in [0, 0.1) is 0 Å². The molecular formula is C6H9N3O. The zero-order valence-corrected chi connectivity index (χ0v) is 5.69. The van der Waals surface area contributed by atoms with E-state index in [2.05, 4.69) is 4.98 Å². The lowest BCUT2D eigenvalue weighted by Gasteiger charge is -2.02. The molecule has 1 unspecified atom stereocenters. The number of nitrogens with zero attached hydrogens (tertiary/aromatic N) is 2. The molecule has 0 radical (unpaired) electrons. The Bertz CT molecular complexity index is 215. The summed E-state index contributed by atoms with van der Waals surface area (Å²) in [5.41, 5.74) is 5.33. The fourth-order valence-corrected chi connectivity index (χ4v) is 0.625. The Morgan fingerprint density at radius 1 is 1.80 bits per heavy atom. The largest absolute Gasteiger partial charge is 0.320 e. The van der Waals surface area contributed by atoms with Crippen molar-refractivity contribution >= 4 is 5.91 Å². The molecule has 4 nitrogen and oxygen atoms in total. The summed E-state index contributed by atoms with van der Waals surface area (Å²) in [5.74, 6) is -0.141. The predicted molar refractivity (Wildman–Crippen MR) is 36.5 cm³/mol. The maximum absolute atomic E-state index is 11.0. The fraction of sp³-hybridized carbons (Fsp3) is 0.333. The van der Waals surface area contributed by atoms with Gasteiger partial charge in [-0.1, -0.05) is 0 Å². The molecule has 0 saturated heterocycles. The highest BCUT2D eigenvalue weighted by Gasteiger charge is 2.07. The zero-order valence-electron chi connectivity index (χ0n) is 5.69. The van der Waals surface area contributed by atoms with Crippen molar-refractivity contribution in [3.05, 3.63) is 18.7 Å². The maximum atomic E-state index is 11.0. The summed E-state index contributed by atoms with van der Waals surface area (Å²) >= 11 is 0. The second-order valence-corrected chi connectivity index (χ2v) is 2.10. The van der Waals surface area contributed by atoms with Gasteiger partial charge in [-0.3, -0.25) is 9.36 Å². The first kappa shape index (κ1) is 6.95. The molecule has 0 aliphatic carbocycles. The SMILES string of the molecule is CC(N)C(=O)n1ccnc1. The first-order valence-corrected chi connectivity index (χ1v) is 2.99. The number of hydrogen-bond donors (Lipinski definition) is 1. The molecule has 1 heterocycles. The summed E-state index contributed by atoms with van der Waals surface area (Å²) in [6.07, 6.45) is 4.55. The third kappa shape index (κ3) is 1.22. The standard InChI is InChI=1S/C6H9N3O/c1-5(7)6(10)9-3-2-8-4-9/h2-5H,7H2,1H3. The Balaban J connectivity index is 2.78. The summed E-state index contributed by atoms with van der Waals surface area (Å²) in [4.78, 5) is 14.7. The lowest BCUT2D eigenvalue weighted by atomic mass is 10.3. The zero-order chi connectivity index (χ0) is 7.56. The highest BCUT2D eigenvalue weighted by Crippen LogP contribution is 1.88. The molecule has 2 N–H and O–H groups in total. The van der Waals surface area contributed by atoms with Gasteiger partial charge in [-0.2, -0.15) is 0 Å². The minimum Gasteiger partial charge on any atom is -0.320 e. The molecule has 0 spiro atoms. The van der Waals surface area contributed by atoms with Gasteiger partial charge in [-0.15, -0.1) is 0 Å². The third-order valence-electron chi connectivity index (χ3n) is 1.15. The van der Waals surface area contributed by atoms with E-state index in [0.717, 1.165) is 0 Å². The normalized spacial score (nSPS) is 13.0. The minimum atomic E-state index is -0.464. The van der Waals surface area contributed by atoms with E-state index in [-0.39, 0.29) is 5.91 Å². The molecule has 0 bridgehead atoms. The van der Waals surface area contributed by atoms with E-state index in [4.69, 9.17) is 5.73 Å². The van der Waals surface area contributed by atoms with Crippen molar-refractivity contribution in [2.24, 2.45) is 5.73 Å². The van der Waals surface area contributed by atoms with E-state index in [1.165, 1.54) is 10.9 Å². The first-order valence-electron chi connectivity index (χ1n) is 2.99. The van der Waals surface area contributed by atoms with Crippen LogP contribution in [0.2, 0.25) is 0 Å². The second kappa shape index (κ2) is 2.62. The van der Waals surface area contributed by atoms with Crippen LogP contribution in [0.15, 0.2) is 18.7 Å². The summed E-state index contributed by atoms with van der Waals surface area (Å²) in [6, 6.07) is -0.464. The van der Waals surface area contributed by atoms with Crippen LogP contribution < -0.4 is 5.73 Å². The van der Waals surface area contributed by atoms with Crippen molar-refractivity contribution < 1.29 is 4.79 Å². The van der Waals surface area contributed by atoms with Crippen LogP contribution in [0.5, 0.6) is 0 Å². The first-order chi connectivity index (χ1) is 4.72. The van der Waals surface area contributed by atoms with Crippen LogP contribution in [-0.4, -0.2) is 21.5 Å². The van der Waals surface area contributed by atoms with Gasteiger partial charge >= 0.3 is 0 Å². The average molecular weight is 139 g/mol. The smallest absolute Gasteiger partial charge is 0.248 e. The maximum Gasteiger partial charge on any atom is 0.248 e. The minimum absolute atomic E-state index is 0.141. The van der Waals surface area contributed by atoms with Gasteiger partial charge in [0, 0.05) is 12.4 Å². The predicted octanol–water partition coefficient (Wildman–Crippen LogP) is -0.130. The number of hydrogen-bond acceptors (Lipinski definition) is 3. The third-order valence-corrected chi connectivity index (χ3v) is 1.15. The second-order valence-electron chi connectivity index (χ2n) is 2.10. The lowest BCUT2D eigenvalue weighted by molar-refractivity contribution is 0.0886. The Labute approximate surface area is 58.7 Å². The molecule has 0 fully saturated rings. The Morgan fingerprint density at radius 3 is 2.90 bits per heavy atom. The van der Waals surface area contributed by atoms with Gasteiger partial charge in [0.05, 0.1) is 6.04 Å². The number of imidazole rings is 1. The highest BCUT2D eigenvalue weighted by atomic mass is 16.2. The van der Waals surface area contributed by atoms with E-state index >= 15 is 0 Å². The van der Waals surface area contributed by atoms with Gasteiger partial charge in [-0.25, -0.2) is 4.98 Å². The molecule has 0 aliphatic heterocycles. The monoisotopic (exact) mass is 139 g/mol. The molecule has 0 aliphatic rings. The molecule has 4 heteroatoms. The van der Waals surface area contributed by atoms with Gasteiger partial charge in [0.15, 0.2) is 0 Å². The summed E-state index contributed by atoms with van der Waals surface area (Å²) in [5, 5.41) is 0. The van der Waals surface area contributed by atoms with Crippen molar-refractivity contribution in [3.63, 3.8) is 0 Å². The molecule has 1 aromatic rings. The molecule has 1 aromatic heterocycles. The average Bonchev–Trinajstić information content (AvgIpc) is 2.36. The van der Waals surface area contributed by atoms with E-state index in [0.29, 0.717) is 0 Å². The highest BCUT2D eigenvalue weighted by molar-refractivity contribution is 5.83. The number of rotatable bonds is 1.